The summed E-state index contributed by atoms with van der Waals surface area (Å²) in [7, 11) is 1.54. The Hall–Kier alpha value is -3.67. The van der Waals surface area contributed by atoms with Gasteiger partial charge < -0.3 is 24.4 Å². The van der Waals surface area contributed by atoms with Gasteiger partial charge in [-0.2, -0.15) is 0 Å². The van der Waals surface area contributed by atoms with Gasteiger partial charge in [0.1, 0.15) is 6.61 Å². The maximum Gasteiger partial charge on any atom is 0.409 e. The van der Waals surface area contributed by atoms with Crippen molar-refractivity contribution in [2.75, 3.05) is 44.8 Å². The molecular weight excluding hydrogens is 404 g/mol. The zero-order valence-electron chi connectivity index (χ0n) is 18.0. The number of carbonyl (C=O) groups is 1. The molecule has 3 aromatic rings. The molecular formula is C26H26N2O4. The summed E-state index contributed by atoms with van der Waals surface area (Å²) >= 11 is 0. The van der Waals surface area contributed by atoms with E-state index in [1.807, 2.05) is 36.4 Å². The van der Waals surface area contributed by atoms with Crippen molar-refractivity contribution in [3.63, 3.8) is 0 Å². The topological polar surface area (TPSA) is 62.2 Å². The van der Waals surface area contributed by atoms with Crippen molar-refractivity contribution >= 4 is 11.8 Å². The van der Waals surface area contributed by atoms with E-state index in [0.29, 0.717) is 38.5 Å². The highest BCUT2D eigenvalue weighted by Gasteiger charge is 2.30. The lowest BCUT2D eigenvalue weighted by atomic mass is 9.98. The van der Waals surface area contributed by atoms with E-state index in [9.17, 15) is 9.90 Å². The van der Waals surface area contributed by atoms with Gasteiger partial charge in [0.2, 0.25) is 0 Å². The number of carbonyl (C=O) groups excluding carboxylic acids is 1. The number of methoxy groups -OCH3 is 1. The number of amides is 1. The van der Waals surface area contributed by atoms with Crippen LogP contribution in [-0.2, 0) is 4.74 Å². The van der Waals surface area contributed by atoms with E-state index in [1.54, 1.807) is 11.0 Å². The zero-order chi connectivity index (χ0) is 22.1. The summed E-state index contributed by atoms with van der Waals surface area (Å²) in [6, 6.07) is 22.0. The first-order chi connectivity index (χ1) is 15.7. The standard InChI is InChI=1S/C26H26N2O4/c1-31-25-16-18(10-11-24(25)29)27-12-14-28(15-13-27)26(30)32-17-23-21-8-4-2-6-19(21)20-7-3-5-9-22(20)23/h2-11,16,23,29H,12-15,17H2,1H3. The molecule has 5 rings (SSSR count). The van der Waals surface area contributed by atoms with Crippen LogP contribution in [0.5, 0.6) is 11.5 Å². The van der Waals surface area contributed by atoms with Crippen LogP contribution in [0.25, 0.3) is 11.1 Å². The van der Waals surface area contributed by atoms with Gasteiger partial charge in [0.15, 0.2) is 11.5 Å². The van der Waals surface area contributed by atoms with Crippen molar-refractivity contribution in [2.24, 2.45) is 0 Å². The van der Waals surface area contributed by atoms with Crippen LogP contribution in [0.3, 0.4) is 0 Å². The first-order valence-electron chi connectivity index (χ1n) is 10.9. The summed E-state index contributed by atoms with van der Waals surface area (Å²) in [5.41, 5.74) is 5.84. The summed E-state index contributed by atoms with van der Waals surface area (Å²) in [4.78, 5) is 16.7. The maximum atomic E-state index is 12.8. The van der Waals surface area contributed by atoms with E-state index in [0.717, 1.165) is 5.69 Å². The number of fused-ring (bicyclic) bond motifs is 3. The minimum atomic E-state index is -0.269. The average molecular weight is 431 g/mol. The molecule has 1 saturated heterocycles. The van der Waals surface area contributed by atoms with Gasteiger partial charge in [0, 0.05) is 43.9 Å². The Labute approximate surface area is 187 Å². The third kappa shape index (κ3) is 3.62. The molecule has 0 bridgehead atoms. The fourth-order valence-electron chi connectivity index (χ4n) is 4.70. The molecule has 1 aliphatic heterocycles. The molecule has 1 fully saturated rings. The fourth-order valence-corrected chi connectivity index (χ4v) is 4.70. The SMILES string of the molecule is COc1cc(N2CCN(C(=O)OCC3c4ccccc4-c4ccccc43)CC2)ccc1O. The van der Waals surface area contributed by atoms with E-state index >= 15 is 0 Å². The number of anilines is 1. The van der Waals surface area contributed by atoms with Gasteiger partial charge in [-0.3, -0.25) is 0 Å². The van der Waals surface area contributed by atoms with E-state index in [1.165, 1.54) is 29.4 Å². The number of benzene rings is 3. The quantitative estimate of drug-likeness (QED) is 0.662. The first-order valence-corrected chi connectivity index (χ1v) is 10.9. The number of ether oxygens (including phenoxy) is 2. The number of piperazine rings is 1. The first kappa shape index (κ1) is 20.2. The normalized spacial score (nSPS) is 15.3. The van der Waals surface area contributed by atoms with E-state index < -0.39 is 0 Å². The van der Waals surface area contributed by atoms with Crippen molar-refractivity contribution in [1.82, 2.24) is 4.90 Å². The molecule has 3 aromatic carbocycles. The second kappa shape index (κ2) is 8.46. The van der Waals surface area contributed by atoms with Gasteiger partial charge in [-0.05, 0) is 34.4 Å². The van der Waals surface area contributed by atoms with Gasteiger partial charge >= 0.3 is 6.09 Å². The number of rotatable bonds is 4. The zero-order valence-corrected chi connectivity index (χ0v) is 18.0. The Morgan fingerprint density at radius 2 is 1.56 bits per heavy atom. The van der Waals surface area contributed by atoms with Gasteiger partial charge in [-0.25, -0.2) is 4.79 Å². The Balaban J connectivity index is 1.21. The summed E-state index contributed by atoms with van der Waals surface area (Å²) in [6.07, 6.45) is -0.269. The molecule has 1 amide bonds. The molecule has 164 valence electrons. The van der Waals surface area contributed by atoms with Gasteiger partial charge in [0.05, 0.1) is 7.11 Å². The number of hydrogen-bond acceptors (Lipinski definition) is 5. The molecule has 32 heavy (non-hydrogen) atoms. The molecule has 1 N–H and O–H groups in total. The van der Waals surface area contributed by atoms with Crippen LogP contribution in [0.2, 0.25) is 0 Å². The van der Waals surface area contributed by atoms with Crippen LogP contribution in [0.15, 0.2) is 66.7 Å². The summed E-state index contributed by atoms with van der Waals surface area (Å²) < 4.78 is 11.0. The van der Waals surface area contributed by atoms with Crippen LogP contribution in [-0.4, -0.2) is 56.0 Å². The molecule has 0 saturated carbocycles. The largest absolute Gasteiger partial charge is 0.504 e. The van der Waals surface area contributed by atoms with Crippen LogP contribution in [0.4, 0.5) is 10.5 Å². The predicted octanol–water partition coefficient (Wildman–Crippen LogP) is 4.47. The van der Waals surface area contributed by atoms with Gasteiger partial charge in [-0.1, -0.05) is 48.5 Å². The summed E-state index contributed by atoms with van der Waals surface area (Å²) in [6.45, 7) is 2.89. The lowest BCUT2D eigenvalue weighted by Gasteiger charge is -2.35. The number of nitrogens with zero attached hydrogens (tertiary/aromatic N) is 2. The van der Waals surface area contributed by atoms with Gasteiger partial charge in [-0.15, -0.1) is 0 Å². The Morgan fingerprint density at radius 1 is 0.938 bits per heavy atom. The minimum absolute atomic E-state index is 0.0668. The number of hydrogen-bond donors (Lipinski definition) is 1. The van der Waals surface area contributed by atoms with Crippen LogP contribution < -0.4 is 9.64 Å². The lowest BCUT2D eigenvalue weighted by molar-refractivity contribution is 0.0977. The highest BCUT2D eigenvalue weighted by atomic mass is 16.6. The summed E-state index contributed by atoms with van der Waals surface area (Å²) in [5, 5.41) is 9.81. The molecule has 2 aliphatic rings. The minimum Gasteiger partial charge on any atom is -0.504 e. The molecule has 1 aliphatic carbocycles. The van der Waals surface area contributed by atoms with Crippen LogP contribution >= 0.6 is 0 Å². The second-order valence-electron chi connectivity index (χ2n) is 8.13. The third-order valence-electron chi connectivity index (χ3n) is 6.40. The van der Waals surface area contributed by atoms with Crippen LogP contribution in [0.1, 0.15) is 17.0 Å². The average Bonchev–Trinajstić information content (AvgIpc) is 3.17. The van der Waals surface area contributed by atoms with E-state index in [2.05, 4.69) is 29.2 Å². The predicted molar refractivity (Wildman–Crippen MR) is 124 cm³/mol. The molecule has 0 unspecified atom stereocenters. The monoisotopic (exact) mass is 430 g/mol. The van der Waals surface area contributed by atoms with Crippen molar-refractivity contribution in [3.8, 4) is 22.6 Å². The highest BCUT2D eigenvalue weighted by Crippen LogP contribution is 2.44. The Bertz CT molecular complexity index is 1090. The number of phenolic OH excluding ortho intramolecular Hbond substituents is 1. The number of phenols is 1. The lowest BCUT2D eigenvalue weighted by Crippen LogP contribution is -2.49. The molecule has 0 atom stereocenters. The van der Waals surface area contributed by atoms with Crippen molar-refractivity contribution < 1.29 is 19.4 Å². The molecule has 0 radical (unpaired) electrons. The molecule has 6 nitrogen and oxygen atoms in total. The smallest absolute Gasteiger partial charge is 0.409 e. The third-order valence-corrected chi connectivity index (χ3v) is 6.40. The Morgan fingerprint density at radius 3 is 2.19 bits per heavy atom. The highest BCUT2D eigenvalue weighted by molar-refractivity contribution is 5.79. The second-order valence-corrected chi connectivity index (χ2v) is 8.13. The fraction of sp³-hybridized carbons (Fsp3) is 0.269. The van der Waals surface area contributed by atoms with Crippen molar-refractivity contribution in [3.05, 3.63) is 77.9 Å². The van der Waals surface area contributed by atoms with Crippen LogP contribution in [0, 0.1) is 0 Å². The molecule has 1 heterocycles. The molecule has 6 heteroatoms. The molecule has 0 aromatic heterocycles. The van der Waals surface area contributed by atoms with Crippen molar-refractivity contribution in [2.45, 2.75) is 5.92 Å². The Kier molecular flexibility index (Phi) is 5.35. The maximum absolute atomic E-state index is 12.8. The van der Waals surface area contributed by atoms with Gasteiger partial charge in [0.25, 0.3) is 0 Å². The van der Waals surface area contributed by atoms with E-state index in [-0.39, 0.29) is 17.8 Å². The summed E-state index contributed by atoms with van der Waals surface area (Å²) in [5.74, 6) is 0.632. The number of aromatic hydroxyl groups is 1. The van der Waals surface area contributed by atoms with E-state index in [4.69, 9.17) is 9.47 Å². The van der Waals surface area contributed by atoms with Crippen molar-refractivity contribution in [1.29, 1.82) is 0 Å². The molecule has 0 spiro atoms.